The van der Waals surface area contributed by atoms with E-state index in [2.05, 4.69) is 10.6 Å². The van der Waals surface area contributed by atoms with E-state index in [9.17, 15) is 9.18 Å². The lowest BCUT2D eigenvalue weighted by Gasteiger charge is -2.23. The lowest BCUT2D eigenvalue weighted by atomic mass is 9.91. The van der Waals surface area contributed by atoms with Gasteiger partial charge in [-0.15, -0.1) is 0 Å². The van der Waals surface area contributed by atoms with E-state index in [1.807, 2.05) is 0 Å². The molecule has 1 fully saturated rings. The summed E-state index contributed by atoms with van der Waals surface area (Å²) in [6.45, 7) is 7.40. The van der Waals surface area contributed by atoms with E-state index in [1.54, 1.807) is 32.9 Å². The van der Waals surface area contributed by atoms with Gasteiger partial charge in [-0.1, -0.05) is 6.07 Å². The minimum absolute atomic E-state index is 0.181. The number of carbonyl (C=O) groups is 1. The Morgan fingerprint density at radius 3 is 2.68 bits per heavy atom. The van der Waals surface area contributed by atoms with Crippen LogP contribution in [0.2, 0.25) is 0 Å². The van der Waals surface area contributed by atoms with Crippen LogP contribution in [0.5, 0.6) is 0 Å². The highest BCUT2D eigenvalue weighted by Crippen LogP contribution is 2.23. The summed E-state index contributed by atoms with van der Waals surface area (Å²) >= 11 is 0. The van der Waals surface area contributed by atoms with Crippen molar-refractivity contribution in [2.24, 2.45) is 5.92 Å². The van der Waals surface area contributed by atoms with Gasteiger partial charge in [0.05, 0.1) is 5.69 Å². The van der Waals surface area contributed by atoms with Crippen molar-refractivity contribution in [3.63, 3.8) is 0 Å². The van der Waals surface area contributed by atoms with Crippen LogP contribution in [0.4, 0.5) is 14.9 Å². The van der Waals surface area contributed by atoms with Crippen LogP contribution >= 0.6 is 0 Å². The molecule has 1 aromatic carbocycles. The molecule has 1 saturated heterocycles. The van der Waals surface area contributed by atoms with Gasteiger partial charge in [-0.3, -0.25) is 5.32 Å². The van der Waals surface area contributed by atoms with Crippen molar-refractivity contribution < 1.29 is 13.9 Å². The Hall–Kier alpha value is -1.62. The van der Waals surface area contributed by atoms with Crippen molar-refractivity contribution in [2.45, 2.75) is 45.6 Å². The van der Waals surface area contributed by atoms with Crippen LogP contribution in [0.25, 0.3) is 0 Å². The molecule has 0 saturated carbocycles. The highest BCUT2D eigenvalue weighted by molar-refractivity contribution is 5.85. The Morgan fingerprint density at radius 1 is 1.36 bits per heavy atom. The number of amides is 1. The van der Waals surface area contributed by atoms with Gasteiger partial charge in [-0.05, 0) is 76.7 Å². The number of rotatable bonds is 3. The predicted molar refractivity (Wildman–Crippen MR) is 85.6 cm³/mol. The largest absolute Gasteiger partial charge is 0.444 e. The van der Waals surface area contributed by atoms with Crippen LogP contribution in [-0.2, 0) is 11.2 Å². The Morgan fingerprint density at radius 2 is 2.05 bits per heavy atom. The molecular weight excluding hydrogens is 283 g/mol. The van der Waals surface area contributed by atoms with E-state index in [0.717, 1.165) is 37.9 Å². The molecule has 0 aliphatic carbocycles. The third kappa shape index (κ3) is 5.30. The maximum absolute atomic E-state index is 13.9. The first-order chi connectivity index (χ1) is 10.3. The molecule has 2 N–H and O–H groups in total. The number of hydrogen-bond donors (Lipinski definition) is 2. The quantitative estimate of drug-likeness (QED) is 0.895. The summed E-state index contributed by atoms with van der Waals surface area (Å²) in [5.41, 5.74) is 0.618. The lowest BCUT2D eigenvalue weighted by molar-refractivity contribution is 0.0635. The number of halogens is 1. The normalized spacial score (nSPS) is 16.4. The SMILES string of the molecule is CC(C)(C)OC(=O)Nc1cc(CC2CCNCC2)ccc1F. The van der Waals surface area contributed by atoms with Gasteiger partial charge in [0, 0.05) is 0 Å². The van der Waals surface area contributed by atoms with Gasteiger partial charge in [0.1, 0.15) is 11.4 Å². The maximum atomic E-state index is 13.9. The average Bonchev–Trinajstić information content (AvgIpc) is 2.41. The molecule has 4 nitrogen and oxygen atoms in total. The number of ether oxygens (including phenoxy) is 1. The van der Waals surface area contributed by atoms with Gasteiger partial charge in [0.15, 0.2) is 0 Å². The first kappa shape index (κ1) is 16.7. The molecule has 0 atom stereocenters. The Balaban J connectivity index is 2.01. The molecule has 1 aliphatic heterocycles. The molecule has 1 heterocycles. The van der Waals surface area contributed by atoms with Crippen molar-refractivity contribution in [3.05, 3.63) is 29.6 Å². The molecule has 1 amide bonds. The van der Waals surface area contributed by atoms with Crippen LogP contribution < -0.4 is 10.6 Å². The molecule has 122 valence electrons. The molecule has 0 bridgehead atoms. The molecule has 0 radical (unpaired) electrons. The molecule has 22 heavy (non-hydrogen) atoms. The summed E-state index contributed by atoms with van der Waals surface area (Å²) in [4.78, 5) is 11.8. The summed E-state index contributed by atoms with van der Waals surface area (Å²) in [6, 6.07) is 4.90. The second-order valence-electron chi connectivity index (χ2n) is 6.84. The lowest BCUT2D eigenvalue weighted by Crippen LogP contribution is -2.29. The van der Waals surface area contributed by atoms with Crippen molar-refractivity contribution in [1.82, 2.24) is 5.32 Å². The highest BCUT2D eigenvalue weighted by atomic mass is 19.1. The summed E-state index contributed by atoms with van der Waals surface area (Å²) in [5.74, 6) is 0.168. The molecule has 0 spiro atoms. The predicted octanol–water partition coefficient (Wildman–Crippen LogP) is 3.71. The molecule has 1 aromatic rings. The van der Waals surface area contributed by atoms with Crippen LogP contribution in [-0.4, -0.2) is 24.8 Å². The minimum atomic E-state index is -0.634. The monoisotopic (exact) mass is 308 g/mol. The van der Waals surface area contributed by atoms with Gasteiger partial charge in [0.25, 0.3) is 0 Å². The summed E-state index contributed by atoms with van der Waals surface area (Å²) < 4.78 is 19.0. The number of hydrogen-bond acceptors (Lipinski definition) is 3. The summed E-state index contributed by atoms with van der Waals surface area (Å²) in [7, 11) is 0. The number of anilines is 1. The first-order valence-corrected chi connectivity index (χ1v) is 7.82. The zero-order valence-electron chi connectivity index (χ0n) is 13.5. The van der Waals surface area contributed by atoms with E-state index in [0.29, 0.717) is 5.92 Å². The van der Waals surface area contributed by atoms with Crippen LogP contribution in [0.15, 0.2) is 18.2 Å². The molecule has 2 rings (SSSR count). The molecule has 1 aliphatic rings. The van der Waals surface area contributed by atoms with Crippen LogP contribution in [0.1, 0.15) is 39.2 Å². The van der Waals surface area contributed by atoms with Gasteiger partial charge in [-0.25, -0.2) is 9.18 Å². The van der Waals surface area contributed by atoms with Crippen molar-refractivity contribution in [3.8, 4) is 0 Å². The molecule has 5 heteroatoms. The van der Waals surface area contributed by atoms with Gasteiger partial charge in [0.2, 0.25) is 0 Å². The second kappa shape index (κ2) is 7.09. The standard InChI is InChI=1S/C17H25FN2O2/c1-17(2,3)22-16(21)20-15-11-13(4-5-14(15)18)10-12-6-8-19-9-7-12/h4-5,11-12,19H,6-10H2,1-3H3,(H,20,21). The Bertz CT molecular complexity index is 520. The number of carbonyl (C=O) groups excluding carboxylic acids is 1. The van der Waals surface area contributed by atoms with Crippen molar-refractivity contribution >= 4 is 11.8 Å². The fourth-order valence-corrected chi connectivity index (χ4v) is 2.63. The van der Waals surface area contributed by atoms with Gasteiger partial charge < -0.3 is 10.1 Å². The second-order valence-corrected chi connectivity index (χ2v) is 6.84. The third-order valence-corrected chi connectivity index (χ3v) is 3.65. The topological polar surface area (TPSA) is 50.4 Å². The number of benzene rings is 1. The average molecular weight is 308 g/mol. The zero-order valence-corrected chi connectivity index (χ0v) is 13.5. The molecule has 0 aromatic heterocycles. The van der Waals surface area contributed by atoms with Crippen LogP contribution in [0.3, 0.4) is 0 Å². The third-order valence-electron chi connectivity index (χ3n) is 3.65. The van der Waals surface area contributed by atoms with E-state index < -0.39 is 17.5 Å². The van der Waals surface area contributed by atoms with Crippen molar-refractivity contribution in [2.75, 3.05) is 18.4 Å². The van der Waals surface area contributed by atoms with Gasteiger partial charge in [-0.2, -0.15) is 0 Å². The number of piperidine rings is 1. The number of nitrogens with one attached hydrogen (secondary N) is 2. The molecule has 0 unspecified atom stereocenters. The highest BCUT2D eigenvalue weighted by Gasteiger charge is 2.18. The first-order valence-electron chi connectivity index (χ1n) is 7.82. The maximum Gasteiger partial charge on any atom is 0.412 e. The van der Waals surface area contributed by atoms with Gasteiger partial charge >= 0.3 is 6.09 Å². The zero-order chi connectivity index (χ0) is 16.2. The minimum Gasteiger partial charge on any atom is -0.444 e. The Kier molecular flexibility index (Phi) is 5.40. The van der Waals surface area contributed by atoms with E-state index in [4.69, 9.17) is 4.74 Å². The van der Waals surface area contributed by atoms with E-state index in [-0.39, 0.29) is 5.69 Å². The fraction of sp³-hybridized carbons (Fsp3) is 0.588. The fourth-order valence-electron chi connectivity index (χ4n) is 2.63. The Labute approximate surface area is 131 Å². The summed E-state index contributed by atoms with van der Waals surface area (Å²) in [5, 5.41) is 5.83. The van der Waals surface area contributed by atoms with E-state index in [1.165, 1.54) is 6.07 Å². The van der Waals surface area contributed by atoms with E-state index >= 15 is 0 Å². The van der Waals surface area contributed by atoms with Crippen molar-refractivity contribution in [1.29, 1.82) is 0 Å². The molecular formula is C17H25FN2O2. The van der Waals surface area contributed by atoms with Crippen LogP contribution in [0, 0.1) is 11.7 Å². The summed E-state index contributed by atoms with van der Waals surface area (Å²) in [6.07, 6.45) is 2.54. The smallest absolute Gasteiger partial charge is 0.412 e.